The van der Waals surface area contributed by atoms with Crippen molar-refractivity contribution in [1.29, 1.82) is 0 Å². The summed E-state index contributed by atoms with van der Waals surface area (Å²) in [5, 5.41) is 13.0. The van der Waals surface area contributed by atoms with Gasteiger partial charge in [0.15, 0.2) is 17.7 Å². The number of pyridine rings is 1. The van der Waals surface area contributed by atoms with Crippen LogP contribution in [-0.2, 0) is 16.0 Å². The van der Waals surface area contributed by atoms with Crippen LogP contribution in [0.25, 0.3) is 0 Å². The van der Waals surface area contributed by atoms with E-state index in [-0.39, 0.29) is 24.9 Å². The van der Waals surface area contributed by atoms with Crippen molar-refractivity contribution >= 4 is 11.8 Å². The number of hydrogen-bond acceptors (Lipinski definition) is 6. The minimum atomic E-state index is -1.20. The van der Waals surface area contributed by atoms with Gasteiger partial charge in [0.25, 0.3) is 11.8 Å². The Balaban J connectivity index is 1.55. The predicted molar refractivity (Wildman–Crippen MR) is 118 cm³/mol. The molecule has 0 saturated carbocycles. The van der Waals surface area contributed by atoms with Gasteiger partial charge < -0.3 is 29.4 Å². The third-order valence-electron chi connectivity index (χ3n) is 7.24. The van der Waals surface area contributed by atoms with Crippen molar-refractivity contribution < 1.29 is 37.3 Å². The molecule has 0 aliphatic carbocycles. The highest BCUT2D eigenvalue weighted by atomic mass is 19.1. The van der Waals surface area contributed by atoms with Crippen LogP contribution in [0, 0.1) is 17.5 Å². The molecule has 192 valence electrons. The molecule has 0 radical (unpaired) electrons. The lowest BCUT2D eigenvalue weighted by molar-refractivity contribution is -0.0988. The Bertz CT molecular complexity index is 1310. The molecule has 2 saturated heterocycles. The number of ether oxygens (including phenoxy) is 2. The summed E-state index contributed by atoms with van der Waals surface area (Å²) in [6.07, 6.45) is 1.78. The maximum Gasteiger partial charge on any atom is 0.274 e. The lowest BCUT2D eigenvalue weighted by Gasteiger charge is -2.42. The highest BCUT2D eigenvalue weighted by Gasteiger charge is 2.54. The number of carbonyl (C=O) groups excluding carboxylic acids is 2. The molecule has 1 aromatic heterocycles. The molecule has 2 aromatic rings. The third kappa shape index (κ3) is 3.75. The molecule has 2 bridgehead atoms. The summed E-state index contributed by atoms with van der Waals surface area (Å²) >= 11 is 0. The van der Waals surface area contributed by atoms with Crippen LogP contribution in [0.15, 0.2) is 23.1 Å². The predicted octanol–water partition coefficient (Wildman–Crippen LogP) is 2.21. The molecule has 2 fully saturated rings. The molecule has 2 N–H and O–H groups in total. The zero-order valence-electron chi connectivity index (χ0n) is 19.5. The van der Waals surface area contributed by atoms with E-state index in [0.717, 1.165) is 6.20 Å². The second-order valence-corrected chi connectivity index (χ2v) is 9.43. The Morgan fingerprint density at radius 1 is 1.22 bits per heavy atom. The van der Waals surface area contributed by atoms with Crippen LogP contribution in [0.2, 0.25) is 0 Å². The summed E-state index contributed by atoms with van der Waals surface area (Å²) in [7, 11) is 0. The van der Waals surface area contributed by atoms with Crippen molar-refractivity contribution in [1.82, 2.24) is 14.8 Å². The second-order valence-electron chi connectivity index (χ2n) is 9.43. The Hall–Kier alpha value is -3.38. The Morgan fingerprint density at radius 2 is 1.92 bits per heavy atom. The fraction of sp³-hybridized carbons (Fsp3) is 0.458. The quantitative estimate of drug-likeness (QED) is 0.660. The first kappa shape index (κ1) is 24.3. The third-order valence-corrected chi connectivity index (χ3v) is 7.24. The van der Waals surface area contributed by atoms with Gasteiger partial charge in [-0.3, -0.25) is 14.4 Å². The number of carbonyl (C=O) groups is 2. The van der Waals surface area contributed by atoms with Crippen LogP contribution in [0.1, 0.15) is 59.1 Å². The summed E-state index contributed by atoms with van der Waals surface area (Å²) in [6.45, 7) is 3.35. The average molecular weight is 507 g/mol. The van der Waals surface area contributed by atoms with Crippen LogP contribution in [0.3, 0.4) is 0 Å². The van der Waals surface area contributed by atoms with E-state index in [2.05, 4.69) is 5.32 Å². The van der Waals surface area contributed by atoms with E-state index in [9.17, 15) is 32.7 Å². The first-order valence-electron chi connectivity index (χ1n) is 11.5. The van der Waals surface area contributed by atoms with Crippen LogP contribution in [0.5, 0.6) is 5.75 Å². The van der Waals surface area contributed by atoms with Crippen molar-refractivity contribution in [2.75, 3.05) is 13.2 Å². The summed E-state index contributed by atoms with van der Waals surface area (Å²) in [5.41, 5.74) is -3.36. The van der Waals surface area contributed by atoms with Gasteiger partial charge in [-0.1, -0.05) is 0 Å². The highest BCUT2D eigenvalue weighted by molar-refractivity contribution is 5.99. The van der Waals surface area contributed by atoms with Gasteiger partial charge in [-0.25, -0.2) is 13.2 Å². The summed E-state index contributed by atoms with van der Waals surface area (Å²) in [4.78, 5) is 40.6. The minimum Gasteiger partial charge on any atom is -0.503 e. The van der Waals surface area contributed by atoms with Gasteiger partial charge in [0.2, 0.25) is 5.43 Å². The lowest BCUT2D eigenvalue weighted by atomic mass is 9.89. The molecule has 1 spiro atoms. The number of nitrogens with zero attached hydrogens (tertiary/aromatic N) is 2. The molecule has 3 aliphatic rings. The van der Waals surface area contributed by atoms with Crippen molar-refractivity contribution in [3.05, 3.63) is 62.8 Å². The molecular formula is C24H24F3N3O6. The molecule has 3 aliphatic heterocycles. The number of rotatable bonds is 3. The first-order valence-corrected chi connectivity index (χ1v) is 11.5. The number of nitrogens with one attached hydrogen (secondary N) is 1. The minimum absolute atomic E-state index is 0.189. The Kier molecular flexibility index (Phi) is 5.83. The zero-order chi connectivity index (χ0) is 25.9. The lowest BCUT2D eigenvalue weighted by Crippen LogP contribution is -2.53. The summed E-state index contributed by atoms with van der Waals surface area (Å²) in [5.74, 6) is -6.01. The van der Waals surface area contributed by atoms with Crippen LogP contribution < -0.4 is 10.7 Å². The monoisotopic (exact) mass is 507 g/mol. The number of aromatic hydroxyl groups is 1. The van der Waals surface area contributed by atoms with Crippen LogP contribution in [0.4, 0.5) is 13.2 Å². The fourth-order valence-corrected chi connectivity index (χ4v) is 5.28. The normalized spacial score (nSPS) is 27.2. The van der Waals surface area contributed by atoms with Crippen LogP contribution >= 0.6 is 0 Å². The molecule has 2 amide bonds. The first-order chi connectivity index (χ1) is 17.0. The average Bonchev–Trinajstić information content (AvgIpc) is 3.14. The number of halogens is 3. The molecule has 12 heteroatoms. The van der Waals surface area contributed by atoms with Crippen LogP contribution in [-0.4, -0.2) is 57.5 Å². The zero-order valence-corrected chi connectivity index (χ0v) is 19.5. The molecule has 36 heavy (non-hydrogen) atoms. The molecule has 1 aromatic carbocycles. The Morgan fingerprint density at radius 3 is 2.56 bits per heavy atom. The number of aromatic nitrogens is 1. The SMILES string of the molecule is C[C@H]1OC[C@]2(CC[C@H](C)N3C[C@H]2n2cc(C(=O)NCc4c(F)cc(F)cc4F)c(=O)c(O)c2C3=O)O1. The van der Waals surface area contributed by atoms with E-state index in [0.29, 0.717) is 25.0 Å². The maximum atomic E-state index is 14.0. The van der Waals surface area contributed by atoms with Gasteiger partial charge >= 0.3 is 0 Å². The summed E-state index contributed by atoms with van der Waals surface area (Å²) < 4.78 is 54.4. The Labute approximate surface area is 203 Å². The number of amides is 2. The topological polar surface area (TPSA) is 110 Å². The van der Waals surface area contributed by atoms with Gasteiger partial charge in [0, 0.05) is 43.0 Å². The fourth-order valence-electron chi connectivity index (χ4n) is 5.28. The molecule has 5 rings (SSSR count). The van der Waals surface area contributed by atoms with Crippen molar-refractivity contribution in [2.24, 2.45) is 0 Å². The number of benzene rings is 1. The van der Waals surface area contributed by atoms with E-state index in [1.807, 2.05) is 6.92 Å². The van der Waals surface area contributed by atoms with Crippen molar-refractivity contribution in [3.8, 4) is 5.75 Å². The van der Waals surface area contributed by atoms with Crippen molar-refractivity contribution in [3.63, 3.8) is 0 Å². The standard InChI is InChI=1S/C24H24F3N3O6/c1-11-3-4-24(10-35-12(2)36-24)18-9-29(11)23(34)19-21(32)20(31)15(8-30(18)19)22(33)28-7-14-16(26)5-13(25)6-17(14)27/h5-6,8,11-12,18,32H,3-4,7,9-10H2,1-2H3,(H,28,33)/t11-,12-,18+,24-/m0/s1. The van der Waals surface area contributed by atoms with E-state index in [4.69, 9.17) is 9.47 Å². The second kappa shape index (κ2) is 8.63. The molecule has 9 nitrogen and oxygen atoms in total. The summed E-state index contributed by atoms with van der Waals surface area (Å²) in [6, 6.07) is 0.174. The van der Waals surface area contributed by atoms with E-state index < -0.39 is 76.0 Å². The molecule has 4 heterocycles. The van der Waals surface area contributed by atoms with Gasteiger partial charge in [0.1, 0.15) is 28.6 Å². The largest absolute Gasteiger partial charge is 0.503 e. The van der Waals surface area contributed by atoms with Gasteiger partial charge in [-0.2, -0.15) is 0 Å². The number of hydrogen-bond donors (Lipinski definition) is 2. The van der Waals surface area contributed by atoms with E-state index in [1.54, 1.807) is 11.8 Å². The van der Waals surface area contributed by atoms with Gasteiger partial charge in [0.05, 0.1) is 12.6 Å². The molecule has 4 atom stereocenters. The smallest absolute Gasteiger partial charge is 0.274 e. The van der Waals surface area contributed by atoms with Gasteiger partial charge in [-0.05, 0) is 26.7 Å². The van der Waals surface area contributed by atoms with E-state index in [1.165, 1.54) is 4.57 Å². The molecule has 0 unspecified atom stereocenters. The van der Waals surface area contributed by atoms with E-state index >= 15 is 0 Å². The highest BCUT2D eigenvalue weighted by Crippen LogP contribution is 2.45. The maximum absolute atomic E-state index is 14.0. The number of fused-ring (bicyclic) bond motifs is 5. The molecular weight excluding hydrogens is 483 g/mol. The van der Waals surface area contributed by atoms with Crippen molar-refractivity contribution in [2.45, 2.75) is 57.2 Å². The van der Waals surface area contributed by atoms with Gasteiger partial charge in [-0.15, -0.1) is 0 Å².